The van der Waals surface area contributed by atoms with Crippen molar-refractivity contribution in [3.63, 3.8) is 0 Å². The van der Waals surface area contributed by atoms with Gasteiger partial charge in [-0.15, -0.1) is 0 Å². The number of aliphatic hydroxyl groups is 3. The average molecular weight is 344 g/mol. The summed E-state index contributed by atoms with van der Waals surface area (Å²) in [6.07, 6.45) is -3.97. The molecule has 0 saturated carbocycles. The van der Waals surface area contributed by atoms with Gasteiger partial charge in [0.2, 0.25) is 0 Å². The molecule has 0 unspecified atom stereocenters. The van der Waals surface area contributed by atoms with Gasteiger partial charge in [0.05, 0.1) is 24.0 Å². The standard InChI is InChI=1S/C15H18ClNO6/c1-17-6-10(8-4-2-3-5-9(8)17)21-13-12(19)11(7-18)22-15(20)14(13)23-16/h2-6,11-15,18-20H,7H2,1H3/t11-,12-,13+,14-,15-/m1/s1. The lowest BCUT2D eigenvalue weighted by atomic mass is 9.99. The molecule has 0 radical (unpaired) electrons. The molecule has 1 aliphatic rings. The summed E-state index contributed by atoms with van der Waals surface area (Å²) in [6.45, 7) is -0.470. The van der Waals surface area contributed by atoms with Gasteiger partial charge < -0.3 is 29.4 Å². The molecule has 1 aromatic carbocycles. The second-order valence-corrected chi connectivity index (χ2v) is 5.67. The van der Waals surface area contributed by atoms with Crippen molar-refractivity contribution in [2.45, 2.75) is 30.7 Å². The number of fused-ring (bicyclic) bond motifs is 1. The lowest BCUT2D eigenvalue weighted by Crippen LogP contribution is -2.60. The number of rotatable bonds is 4. The summed E-state index contributed by atoms with van der Waals surface area (Å²) >= 11 is 5.42. The Balaban J connectivity index is 1.94. The third kappa shape index (κ3) is 2.91. The Kier molecular flexibility index (Phi) is 4.77. The molecule has 1 aliphatic heterocycles. The molecule has 0 spiro atoms. The van der Waals surface area contributed by atoms with E-state index in [0.717, 1.165) is 10.9 Å². The SMILES string of the molecule is Cn1cc(O[C@H]2[C@H](O)[C@@H](CO)O[C@@H](O)[C@@H]2OCl)c2ccccc21. The molecule has 1 aromatic heterocycles. The van der Waals surface area contributed by atoms with E-state index in [1.54, 1.807) is 6.20 Å². The summed E-state index contributed by atoms with van der Waals surface area (Å²) in [7, 11) is 1.87. The fourth-order valence-electron chi connectivity index (χ4n) is 2.83. The zero-order valence-corrected chi connectivity index (χ0v) is 13.1. The molecule has 5 atom stereocenters. The Morgan fingerprint density at radius 2 is 2.00 bits per heavy atom. The monoisotopic (exact) mass is 343 g/mol. The smallest absolute Gasteiger partial charge is 0.187 e. The van der Waals surface area contributed by atoms with Gasteiger partial charge in [-0.2, -0.15) is 0 Å². The molecule has 0 aliphatic carbocycles. The van der Waals surface area contributed by atoms with Crippen LogP contribution in [-0.4, -0.2) is 57.2 Å². The van der Waals surface area contributed by atoms with Crippen LogP contribution in [-0.2, 0) is 16.1 Å². The third-order valence-corrected chi connectivity index (χ3v) is 4.25. The Morgan fingerprint density at radius 3 is 2.70 bits per heavy atom. The Labute approximate surface area is 137 Å². The fraction of sp³-hybridized carbons (Fsp3) is 0.467. The van der Waals surface area contributed by atoms with Crippen molar-refractivity contribution in [3.05, 3.63) is 30.5 Å². The molecule has 0 bridgehead atoms. The van der Waals surface area contributed by atoms with E-state index in [0.29, 0.717) is 5.75 Å². The van der Waals surface area contributed by atoms with Gasteiger partial charge >= 0.3 is 0 Å². The molecule has 8 heteroatoms. The van der Waals surface area contributed by atoms with Crippen LogP contribution in [0.1, 0.15) is 0 Å². The highest BCUT2D eigenvalue weighted by atomic mass is 35.5. The number of hydrogen-bond donors (Lipinski definition) is 3. The van der Waals surface area contributed by atoms with Crippen LogP contribution in [0.15, 0.2) is 30.5 Å². The van der Waals surface area contributed by atoms with Gasteiger partial charge in [0.1, 0.15) is 18.0 Å². The van der Waals surface area contributed by atoms with E-state index in [4.69, 9.17) is 25.6 Å². The van der Waals surface area contributed by atoms with E-state index >= 15 is 0 Å². The van der Waals surface area contributed by atoms with Crippen LogP contribution in [0.4, 0.5) is 0 Å². The van der Waals surface area contributed by atoms with Crippen molar-refractivity contribution in [1.29, 1.82) is 0 Å². The first-order valence-electron chi connectivity index (χ1n) is 7.17. The van der Waals surface area contributed by atoms with Crippen LogP contribution < -0.4 is 4.74 Å². The van der Waals surface area contributed by atoms with Gasteiger partial charge in [-0.3, -0.25) is 4.29 Å². The number of hydrogen-bond acceptors (Lipinski definition) is 6. The molecule has 3 N–H and O–H groups in total. The van der Waals surface area contributed by atoms with E-state index in [9.17, 15) is 15.3 Å². The van der Waals surface area contributed by atoms with Crippen LogP contribution >= 0.6 is 11.9 Å². The number of halogens is 1. The molecule has 3 rings (SSSR count). The number of nitrogens with zero attached hydrogens (tertiary/aromatic N) is 1. The van der Waals surface area contributed by atoms with E-state index in [1.165, 1.54) is 0 Å². The zero-order valence-electron chi connectivity index (χ0n) is 12.4. The molecule has 2 aromatic rings. The largest absolute Gasteiger partial charge is 0.482 e. The fourth-order valence-corrected chi connectivity index (χ4v) is 3.02. The molecule has 1 saturated heterocycles. The number of aromatic nitrogens is 1. The summed E-state index contributed by atoms with van der Waals surface area (Å²) < 4.78 is 17.5. The maximum absolute atomic E-state index is 10.3. The van der Waals surface area contributed by atoms with Crippen LogP contribution in [0, 0.1) is 0 Å². The molecular weight excluding hydrogens is 326 g/mol. The summed E-state index contributed by atoms with van der Waals surface area (Å²) in [5, 5.41) is 30.4. The first-order chi connectivity index (χ1) is 11.1. The molecular formula is C15H18ClNO6. The van der Waals surface area contributed by atoms with Gasteiger partial charge in [-0.05, 0) is 12.1 Å². The van der Waals surface area contributed by atoms with Crippen molar-refractivity contribution in [3.8, 4) is 5.75 Å². The Bertz CT molecular complexity index is 677. The van der Waals surface area contributed by atoms with E-state index < -0.39 is 37.3 Å². The minimum atomic E-state index is -1.42. The van der Waals surface area contributed by atoms with Crippen molar-refractivity contribution in [1.82, 2.24) is 4.57 Å². The zero-order chi connectivity index (χ0) is 16.6. The van der Waals surface area contributed by atoms with Crippen molar-refractivity contribution in [2.75, 3.05) is 6.61 Å². The second-order valence-electron chi connectivity index (χ2n) is 5.50. The molecule has 126 valence electrons. The predicted octanol–water partition coefficient (Wildman–Crippen LogP) is 0.535. The van der Waals surface area contributed by atoms with Crippen LogP contribution in [0.5, 0.6) is 5.75 Å². The van der Waals surface area contributed by atoms with Crippen LogP contribution in [0.25, 0.3) is 10.9 Å². The first-order valence-corrected chi connectivity index (χ1v) is 7.48. The summed E-state index contributed by atoms with van der Waals surface area (Å²) in [5.41, 5.74) is 0.951. The van der Waals surface area contributed by atoms with Crippen molar-refractivity contribution >= 4 is 22.8 Å². The van der Waals surface area contributed by atoms with E-state index in [1.807, 2.05) is 35.9 Å². The van der Waals surface area contributed by atoms with Crippen LogP contribution in [0.2, 0.25) is 0 Å². The second kappa shape index (κ2) is 6.64. The number of aliphatic hydroxyl groups excluding tert-OH is 3. The quantitative estimate of drug-likeness (QED) is 0.750. The van der Waals surface area contributed by atoms with Gasteiger partial charge in [0, 0.05) is 18.6 Å². The van der Waals surface area contributed by atoms with E-state index in [-0.39, 0.29) is 0 Å². The maximum Gasteiger partial charge on any atom is 0.187 e. The average Bonchev–Trinajstić information content (AvgIpc) is 2.87. The minimum absolute atomic E-state index is 0.470. The van der Waals surface area contributed by atoms with Crippen molar-refractivity contribution in [2.24, 2.45) is 7.05 Å². The lowest BCUT2D eigenvalue weighted by molar-refractivity contribution is -0.275. The molecule has 0 amide bonds. The Hall–Kier alpha value is -1.35. The Morgan fingerprint density at radius 1 is 1.26 bits per heavy atom. The van der Waals surface area contributed by atoms with Crippen LogP contribution in [0.3, 0.4) is 0 Å². The highest BCUT2D eigenvalue weighted by molar-refractivity contribution is 6.07. The third-order valence-electron chi connectivity index (χ3n) is 4.04. The van der Waals surface area contributed by atoms with Gasteiger partial charge in [0.25, 0.3) is 0 Å². The number of ether oxygens (including phenoxy) is 2. The van der Waals surface area contributed by atoms with Crippen molar-refractivity contribution < 1.29 is 29.1 Å². The lowest BCUT2D eigenvalue weighted by Gasteiger charge is -2.40. The highest BCUT2D eigenvalue weighted by Crippen LogP contribution is 2.32. The number of benzene rings is 1. The normalized spacial score (nSPS) is 31.4. The summed E-state index contributed by atoms with van der Waals surface area (Å²) in [5.74, 6) is 0.511. The summed E-state index contributed by atoms with van der Waals surface area (Å²) in [6, 6.07) is 7.60. The van der Waals surface area contributed by atoms with Gasteiger partial charge in [0.15, 0.2) is 18.5 Å². The van der Waals surface area contributed by atoms with Gasteiger partial charge in [-0.25, -0.2) is 0 Å². The highest BCUT2D eigenvalue weighted by Gasteiger charge is 2.47. The topological polar surface area (TPSA) is 93.3 Å². The predicted molar refractivity (Wildman–Crippen MR) is 82.0 cm³/mol. The minimum Gasteiger partial charge on any atom is -0.482 e. The number of para-hydroxylation sites is 1. The van der Waals surface area contributed by atoms with E-state index in [2.05, 4.69) is 0 Å². The molecule has 23 heavy (non-hydrogen) atoms. The van der Waals surface area contributed by atoms with Gasteiger partial charge in [-0.1, -0.05) is 12.1 Å². The maximum atomic E-state index is 10.3. The molecule has 7 nitrogen and oxygen atoms in total. The molecule has 2 heterocycles. The first kappa shape index (κ1) is 16.5. The number of aryl methyl sites for hydroxylation is 1. The molecule has 1 fully saturated rings. The summed E-state index contributed by atoms with van der Waals surface area (Å²) in [4.78, 5) is 0.